The summed E-state index contributed by atoms with van der Waals surface area (Å²) >= 11 is 1.77. The number of thioether (sulfide) groups is 1. The Balaban J connectivity index is 1.24. The lowest BCUT2D eigenvalue weighted by Crippen LogP contribution is -2.33. The minimum atomic E-state index is -0.373. The van der Waals surface area contributed by atoms with Crippen LogP contribution in [0.2, 0.25) is 0 Å². The Morgan fingerprint density at radius 2 is 2.02 bits per heavy atom. The van der Waals surface area contributed by atoms with Crippen molar-refractivity contribution in [2.24, 2.45) is 0 Å². The number of carbonyl (C=O) groups is 1. The number of hydrogen-bond donors (Lipinski definition) is 0. The molecule has 7 rings (SSSR count). The van der Waals surface area contributed by atoms with E-state index >= 15 is 0 Å². The van der Waals surface area contributed by atoms with E-state index in [9.17, 15) is 10.1 Å². The van der Waals surface area contributed by atoms with Crippen molar-refractivity contribution in [3.63, 3.8) is 0 Å². The van der Waals surface area contributed by atoms with Gasteiger partial charge in [-0.05, 0) is 62.9 Å². The third-order valence-corrected chi connectivity index (χ3v) is 10.4. The molecule has 0 spiro atoms. The summed E-state index contributed by atoms with van der Waals surface area (Å²) in [5, 5.41) is 17.3. The molecule has 1 unspecified atom stereocenters. The van der Waals surface area contributed by atoms with Gasteiger partial charge in [-0.2, -0.15) is 20.3 Å². The number of nitrogens with zero attached hydrogens (tertiary/aromatic N) is 8. The lowest BCUT2D eigenvalue weighted by molar-refractivity contribution is -0.128. The molecule has 10 nitrogen and oxygen atoms in total. The Bertz CT molecular complexity index is 1830. The van der Waals surface area contributed by atoms with Crippen LogP contribution in [0.4, 0.5) is 5.69 Å². The third kappa shape index (κ3) is 5.42. The van der Waals surface area contributed by atoms with Crippen molar-refractivity contribution >= 4 is 34.1 Å². The maximum Gasteiger partial charge on any atom is 0.319 e. The predicted octanol–water partition coefficient (Wildman–Crippen LogP) is 5.29. The van der Waals surface area contributed by atoms with Crippen LogP contribution >= 0.6 is 11.8 Å². The number of aryl methyl sites for hydroxylation is 1. The van der Waals surface area contributed by atoms with E-state index in [0.29, 0.717) is 36.2 Å². The van der Waals surface area contributed by atoms with Crippen LogP contribution < -0.4 is 9.64 Å². The topological polar surface area (TPSA) is 103 Å². The van der Waals surface area contributed by atoms with E-state index in [0.717, 1.165) is 48.4 Å². The highest BCUT2D eigenvalue weighted by molar-refractivity contribution is 7.99. The molecule has 1 fully saturated rings. The van der Waals surface area contributed by atoms with Crippen molar-refractivity contribution < 1.29 is 9.53 Å². The number of rotatable bonds is 8. The van der Waals surface area contributed by atoms with E-state index in [4.69, 9.17) is 19.8 Å². The molecule has 2 aromatic carbocycles. The SMILES string of the molecule is C=CC(=O)N1Cc2nn(-c3nc(OCSC4CCCN4C)nc4c3CCN(c3cccc5cccc(C)c35)C4)cc2[C@@H]1CC#N. The fourth-order valence-electron chi connectivity index (χ4n) is 6.90. The van der Waals surface area contributed by atoms with Crippen molar-refractivity contribution in [1.82, 2.24) is 29.5 Å². The summed E-state index contributed by atoms with van der Waals surface area (Å²) < 4.78 is 8.02. The van der Waals surface area contributed by atoms with Crippen molar-refractivity contribution in [2.75, 3.05) is 31.0 Å². The Morgan fingerprint density at radius 3 is 2.80 bits per heavy atom. The van der Waals surface area contributed by atoms with Crippen molar-refractivity contribution in [3.05, 3.63) is 83.3 Å². The Kier molecular flexibility index (Phi) is 7.94. The zero-order chi connectivity index (χ0) is 31.1. The lowest BCUT2D eigenvalue weighted by Gasteiger charge is -2.32. The third-order valence-electron chi connectivity index (χ3n) is 9.19. The molecule has 3 aliphatic rings. The van der Waals surface area contributed by atoms with Crippen molar-refractivity contribution in [1.29, 1.82) is 5.26 Å². The summed E-state index contributed by atoms with van der Waals surface area (Å²) in [5.74, 6) is 0.945. The number of hydrogen-bond acceptors (Lipinski definition) is 9. The summed E-state index contributed by atoms with van der Waals surface area (Å²) in [6.45, 7) is 8.65. The fraction of sp³-hybridized carbons (Fsp3) is 0.382. The number of nitriles is 1. The Hall–Kier alpha value is -4.40. The monoisotopic (exact) mass is 620 g/mol. The van der Waals surface area contributed by atoms with E-state index < -0.39 is 0 Å². The number of anilines is 1. The van der Waals surface area contributed by atoms with Crippen molar-refractivity contribution in [2.45, 2.75) is 57.1 Å². The number of amides is 1. The first-order valence-electron chi connectivity index (χ1n) is 15.4. The van der Waals surface area contributed by atoms with Crippen LogP contribution in [0.1, 0.15) is 53.4 Å². The smallest absolute Gasteiger partial charge is 0.319 e. The van der Waals surface area contributed by atoms with Crippen LogP contribution in [0.25, 0.3) is 16.6 Å². The van der Waals surface area contributed by atoms with Gasteiger partial charge in [-0.25, -0.2) is 4.68 Å². The molecule has 1 saturated heterocycles. The van der Waals surface area contributed by atoms with Crippen LogP contribution in [-0.2, 0) is 24.3 Å². The summed E-state index contributed by atoms with van der Waals surface area (Å²) in [7, 11) is 2.15. The van der Waals surface area contributed by atoms with E-state index in [1.807, 2.05) is 6.20 Å². The molecule has 3 aliphatic heterocycles. The normalized spacial score (nSPS) is 19.4. The van der Waals surface area contributed by atoms with Crippen LogP contribution in [0, 0.1) is 18.3 Å². The number of fused-ring (bicyclic) bond motifs is 3. The molecule has 0 radical (unpaired) electrons. The molecule has 11 heteroatoms. The van der Waals surface area contributed by atoms with Crippen molar-refractivity contribution in [3.8, 4) is 17.9 Å². The van der Waals surface area contributed by atoms with Gasteiger partial charge in [0.1, 0.15) is 5.94 Å². The van der Waals surface area contributed by atoms with Gasteiger partial charge in [-0.3, -0.25) is 9.69 Å². The van der Waals surface area contributed by atoms with Gasteiger partial charge in [0, 0.05) is 34.9 Å². The Labute approximate surface area is 267 Å². The maximum atomic E-state index is 12.5. The largest absolute Gasteiger partial charge is 0.452 e. The number of ether oxygens (including phenoxy) is 1. The molecule has 4 aromatic rings. The first-order chi connectivity index (χ1) is 21.9. The van der Waals surface area contributed by atoms with Gasteiger partial charge in [0.2, 0.25) is 5.91 Å². The molecule has 230 valence electrons. The van der Waals surface area contributed by atoms with E-state index in [1.165, 1.54) is 34.5 Å². The van der Waals surface area contributed by atoms with Crippen LogP contribution in [0.15, 0.2) is 55.3 Å². The number of likely N-dealkylation sites (tertiary alicyclic amines) is 1. The van der Waals surface area contributed by atoms with Crippen LogP contribution in [0.5, 0.6) is 6.01 Å². The van der Waals surface area contributed by atoms with Gasteiger partial charge in [-0.1, -0.05) is 36.9 Å². The molecule has 2 aromatic heterocycles. The van der Waals surface area contributed by atoms with E-state index in [-0.39, 0.29) is 18.4 Å². The molecule has 5 heterocycles. The molecule has 2 atom stereocenters. The second-order valence-corrected chi connectivity index (χ2v) is 13.0. The van der Waals surface area contributed by atoms with Gasteiger partial charge in [0.15, 0.2) is 5.82 Å². The summed E-state index contributed by atoms with van der Waals surface area (Å²) in [6.07, 6.45) is 6.48. The Morgan fingerprint density at radius 1 is 1.18 bits per heavy atom. The lowest BCUT2D eigenvalue weighted by atomic mass is 10.00. The highest BCUT2D eigenvalue weighted by atomic mass is 32.2. The molecule has 45 heavy (non-hydrogen) atoms. The summed E-state index contributed by atoms with van der Waals surface area (Å²) in [4.78, 5) is 28.8. The van der Waals surface area contributed by atoms with Crippen LogP contribution in [0.3, 0.4) is 0 Å². The molecule has 0 N–H and O–H groups in total. The first-order valence-corrected chi connectivity index (χ1v) is 16.5. The second kappa shape index (κ2) is 12.2. The first kappa shape index (κ1) is 29.3. The van der Waals surface area contributed by atoms with Gasteiger partial charge in [-0.15, -0.1) is 11.8 Å². The summed E-state index contributed by atoms with van der Waals surface area (Å²) in [6, 6.07) is 15.1. The van der Waals surface area contributed by atoms with Crippen LogP contribution in [-0.4, -0.2) is 66.9 Å². The zero-order valence-electron chi connectivity index (χ0n) is 25.6. The number of carbonyl (C=O) groups excluding carboxylic acids is 1. The molecular weight excluding hydrogens is 584 g/mol. The van der Waals surface area contributed by atoms with E-state index in [1.54, 1.807) is 21.3 Å². The minimum absolute atomic E-state index is 0.181. The predicted molar refractivity (Wildman–Crippen MR) is 175 cm³/mol. The highest BCUT2D eigenvalue weighted by Gasteiger charge is 2.36. The standard InChI is InChI=1S/C34H36N8O2S/c1-4-30(43)41-20-27-25(28(41)13-15-35)18-42(38-27)33-24-14-17-40(29-11-6-10-23-9-5-8-22(2)32(23)29)19-26(24)36-34(37-33)44-21-45-31-12-7-16-39(31)3/h4-6,8-11,18,28,31H,1,7,12-14,16-17,19-21H2,2-3H3/t28-,31?/m0/s1. The summed E-state index contributed by atoms with van der Waals surface area (Å²) in [5.41, 5.74) is 6.03. The number of benzene rings is 2. The fourth-order valence-corrected chi connectivity index (χ4v) is 7.92. The average molecular weight is 621 g/mol. The molecule has 0 bridgehead atoms. The molecular formula is C34H36N8O2S. The van der Waals surface area contributed by atoms with Gasteiger partial charge in [0.25, 0.3) is 0 Å². The highest BCUT2D eigenvalue weighted by Crippen LogP contribution is 2.38. The average Bonchev–Trinajstić information content (AvgIpc) is 3.75. The zero-order valence-corrected chi connectivity index (χ0v) is 26.5. The second-order valence-electron chi connectivity index (χ2n) is 11.9. The quantitative estimate of drug-likeness (QED) is 0.192. The minimum Gasteiger partial charge on any atom is -0.452 e. The van der Waals surface area contributed by atoms with Gasteiger partial charge < -0.3 is 14.5 Å². The molecule has 1 amide bonds. The molecule has 0 aliphatic carbocycles. The van der Waals surface area contributed by atoms with E-state index in [2.05, 4.69) is 72.8 Å². The van der Waals surface area contributed by atoms with Gasteiger partial charge >= 0.3 is 6.01 Å². The maximum absolute atomic E-state index is 12.5. The van der Waals surface area contributed by atoms with Gasteiger partial charge in [0.05, 0.1) is 48.4 Å². The molecule has 0 saturated carbocycles. The number of aromatic nitrogens is 4.